The van der Waals surface area contributed by atoms with E-state index in [2.05, 4.69) is 53.7 Å². The van der Waals surface area contributed by atoms with Crippen molar-refractivity contribution in [2.75, 3.05) is 16.8 Å². The molecule has 1 aromatic carbocycles. The van der Waals surface area contributed by atoms with Crippen LogP contribution in [-0.2, 0) is 6.54 Å². The summed E-state index contributed by atoms with van der Waals surface area (Å²) in [6.07, 6.45) is 7.63. The number of anilines is 2. The summed E-state index contributed by atoms with van der Waals surface area (Å²) in [6, 6.07) is 16.3. The van der Waals surface area contributed by atoms with Gasteiger partial charge in [0.05, 0.1) is 24.2 Å². The average Bonchev–Trinajstić information content (AvgIpc) is 3.62. The van der Waals surface area contributed by atoms with Gasteiger partial charge in [-0.2, -0.15) is 5.26 Å². The fraction of sp³-hybridized carbons (Fsp3) is 0.222. The second kappa shape index (κ2) is 10.8. The number of allylic oxidation sites excluding steroid dienone is 4. The number of hydrogen-bond donors (Lipinski definition) is 1. The summed E-state index contributed by atoms with van der Waals surface area (Å²) in [5.74, 6) is -0.221. The number of amides is 1. The van der Waals surface area contributed by atoms with Gasteiger partial charge in [0.2, 0.25) is 0 Å². The van der Waals surface area contributed by atoms with Crippen molar-refractivity contribution < 1.29 is 4.79 Å². The fourth-order valence-corrected chi connectivity index (χ4v) is 5.05. The molecule has 0 spiro atoms. The molecule has 3 heterocycles. The molecular weight excluding hydrogens is 442 g/mol. The molecule has 1 atom stereocenters. The summed E-state index contributed by atoms with van der Waals surface area (Å²) in [7, 11) is 0. The second-order valence-electron chi connectivity index (χ2n) is 8.03. The zero-order valence-corrected chi connectivity index (χ0v) is 19.8. The lowest BCUT2D eigenvalue weighted by Gasteiger charge is -2.25. The molecule has 6 nitrogen and oxygen atoms in total. The molecule has 1 amide bonds. The van der Waals surface area contributed by atoms with E-state index in [4.69, 9.17) is 10.2 Å². The maximum absolute atomic E-state index is 13.1. The van der Waals surface area contributed by atoms with Crippen molar-refractivity contribution >= 4 is 28.1 Å². The van der Waals surface area contributed by atoms with Crippen molar-refractivity contribution in [3.63, 3.8) is 0 Å². The Hall–Kier alpha value is -3.89. The van der Waals surface area contributed by atoms with Gasteiger partial charge in [-0.1, -0.05) is 43.5 Å². The Bertz CT molecular complexity index is 1250. The van der Waals surface area contributed by atoms with Gasteiger partial charge in [-0.3, -0.25) is 10.1 Å². The Morgan fingerprint density at radius 1 is 1.21 bits per heavy atom. The van der Waals surface area contributed by atoms with Crippen LogP contribution in [0.5, 0.6) is 0 Å². The summed E-state index contributed by atoms with van der Waals surface area (Å²) in [6.45, 7) is 9.09. The lowest BCUT2D eigenvalue weighted by Crippen LogP contribution is -2.22. The molecule has 172 valence electrons. The summed E-state index contributed by atoms with van der Waals surface area (Å²) >= 11 is 1.44. The van der Waals surface area contributed by atoms with E-state index in [0.29, 0.717) is 17.4 Å². The summed E-state index contributed by atoms with van der Waals surface area (Å²) in [5.41, 5.74) is 4.37. The van der Waals surface area contributed by atoms with E-state index in [1.807, 2.05) is 28.3 Å². The van der Waals surface area contributed by atoms with E-state index in [-0.39, 0.29) is 18.4 Å². The van der Waals surface area contributed by atoms with Gasteiger partial charge in [-0.15, -0.1) is 11.3 Å². The highest BCUT2D eigenvalue weighted by atomic mass is 32.1. The molecule has 0 saturated carbocycles. The van der Waals surface area contributed by atoms with Crippen molar-refractivity contribution in [3.8, 4) is 6.07 Å². The number of aromatic nitrogens is 2. The maximum atomic E-state index is 13.1. The number of para-hydroxylation sites is 1. The summed E-state index contributed by atoms with van der Waals surface area (Å²) in [4.78, 5) is 20.2. The molecule has 0 aliphatic carbocycles. The third-order valence-electron chi connectivity index (χ3n) is 6.00. The number of benzene rings is 1. The topological polar surface area (TPSA) is 74.0 Å². The molecule has 3 aromatic rings. The van der Waals surface area contributed by atoms with E-state index in [9.17, 15) is 4.79 Å². The number of nitrogens with zero attached hydrogens (tertiary/aromatic N) is 4. The summed E-state index contributed by atoms with van der Waals surface area (Å²) < 4.78 is 1.84. The van der Waals surface area contributed by atoms with Crippen molar-refractivity contribution in [2.45, 2.75) is 31.8 Å². The van der Waals surface area contributed by atoms with Gasteiger partial charge in [0, 0.05) is 30.4 Å². The monoisotopic (exact) mass is 469 g/mol. The Balaban J connectivity index is 1.48. The zero-order valence-electron chi connectivity index (χ0n) is 19.0. The largest absolute Gasteiger partial charge is 0.363 e. The Morgan fingerprint density at radius 3 is 2.74 bits per heavy atom. The van der Waals surface area contributed by atoms with Crippen LogP contribution in [0.3, 0.4) is 0 Å². The van der Waals surface area contributed by atoms with Gasteiger partial charge in [-0.05, 0) is 48.3 Å². The average molecular weight is 470 g/mol. The van der Waals surface area contributed by atoms with Crippen LogP contribution in [0, 0.1) is 11.3 Å². The number of nitrogens with one attached hydrogen (secondary N) is 1. The maximum Gasteiger partial charge on any atom is 0.274 e. The molecule has 0 unspecified atom stereocenters. The lowest BCUT2D eigenvalue weighted by atomic mass is 10.1. The number of carbonyl (C=O) groups is 1. The molecule has 34 heavy (non-hydrogen) atoms. The predicted molar refractivity (Wildman–Crippen MR) is 138 cm³/mol. The van der Waals surface area contributed by atoms with Gasteiger partial charge < -0.3 is 9.47 Å². The molecule has 1 aliphatic heterocycles. The second-order valence-corrected chi connectivity index (χ2v) is 8.89. The van der Waals surface area contributed by atoms with E-state index in [1.165, 1.54) is 17.0 Å². The van der Waals surface area contributed by atoms with E-state index in [0.717, 1.165) is 36.2 Å². The molecule has 2 aromatic heterocycles. The minimum atomic E-state index is -0.221. The number of nitriles is 1. The molecule has 7 heteroatoms. The highest BCUT2D eigenvalue weighted by Gasteiger charge is 2.28. The van der Waals surface area contributed by atoms with Gasteiger partial charge >= 0.3 is 0 Å². The predicted octanol–water partition coefficient (Wildman–Crippen LogP) is 6.12. The minimum absolute atomic E-state index is 0.214. The molecule has 1 saturated heterocycles. The first-order valence-corrected chi connectivity index (χ1v) is 12.1. The van der Waals surface area contributed by atoms with Gasteiger partial charge in [0.25, 0.3) is 5.91 Å². The molecular formula is C27H27N5OS. The number of rotatable bonds is 9. The van der Waals surface area contributed by atoms with Crippen LogP contribution < -0.4 is 10.2 Å². The molecule has 4 rings (SSSR count). The molecule has 1 N–H and O–H groups in total. The van der Waals surface area contributed by atoms with Gasteiger partial charge in [0.1, 0.15) is 5.69 Å². The Morgan fingerprint density at radius 2 is 2.00 bits per heavy atom. The number of carbonyl (C=O) groups excluding carboxylic acids is 1. The van der Waals surface area contributed by atoms with Crippen LogP contribution in [-0.4, -0.2) is 22.0 Å². The first-order chi connectivity index (χ1) is 16.6. The third-order valence-corrected chi connectivity index (χ3v) is 6.78. The molecule has 1 fully saturated rings. The van der Waals surface area contributed by atoms with Crippen LogP contribution >= 0.6 is 11.3 Å². The van der Waals surface area contributed by atoms with Crippen LogP contribution in [0.1, 0.15) is 41.5 Å². The van der Waals surface area contributed by atoms with Gasteiger partial charge in [-0.25, -0.2) is 4.98 Å². The number of hydrogen-bond acceptors (Lipinski definition) is 5. The SMILES string of the molecule is C=C/C(CC#N)=C(\C=C)Cn1cccc1C(=O)Nc1nc([C@H]2CCCN2c2ccccc2)cs1. The fourth-order valence-electron chi connectivity index (χ4n) is 4.30. The van der Waals surface area contributed by atoms with Crippen molar-refractivity contribution in [3.05, 3.63) is 102 Å². The zero-order chi connectivity index (χ0) is 23.9. The lowest BCUT2D eigenvalue weighted by molar-refractivity contribution is 0.101. The molecule has 0 radical (unpaired) electrons. The van der Waals surface area contributed by atoms with Crippen molar-refractivity contribution in [1.29, 1.82) is 5.26 Å². The highest BCUT2D eigenvalue weighted by molar-refractivity contribution is 7.14. The standard InChI is InChI=1S/C27H27N5OS/c1-3-20(14-15-28)21(4-2)18-31-16-8-13-25(31)26(33)30-27-29-23(19-34-27)24-12-9-17-32(24)22-10-6-5-7-11-22/h3-8,10-11,13,16,19,24H,1-2,9,12,14,17-18H2,(H,29,30,33)/b21-20-/t24-/m1/s1. The minimum Gasteiger partial charge on any atom is -0.363 e. The van der Waals surface area contributed by atoms with Crippen LogP contribution in [0.15, 0.2) is 90.5 Å². The summed E-state index contributed by atoms with van der Waals surface area (Å²) in [5, 5.41) is 14.6. The first kappa shape index (κ1) is 23.3. The van der Waals surface area contributed by atoms with E-state index < -0.39 is 0 Å². The Labute approximate surface area is 204 Å². The van der Waals surface area contributed by atoms with Crippen LogP contribution in [0.25, 0.3) is 0 Å². The first-order valence-electron chi connectivity index (χ1n) is 11.2. The van der Waals surface area contributed by atoms with Gasteiger partial charge in [0.15, 0.2) is 5.13 Å². The van der Waals surface area contributed by atoms with Crippen molar-refractivity contribution in [2.24, 2.45) is 0 Å². The smallest absolute Gasteiger partial charge is 0.274 e. The van der Waals surface area contributed by atoms with E-state index in [1.54, 1.807) is 18.2 Å². The third kappa shape index (κ3) is 5.03. The quantitative estimate of drug-likeness (QED) is 0.383. The Kier molecular flexibility index (Phi) is 7.41. The van der Waals surface area contributed by atoms with Crippen LogP contribution in [0.2, 0.25) is 0 Å². The van der Waals surface area contributed by atoms with E-state index >= 15 is 0 Å². The van der Waals surface area contributed by atoms with Crippen LogP contribution in [0.4, 0.5) is 10.8 Å². The normalized spacial score (nSPS) is 16.0. The highest BCUT2D eigenvalue weighted by Crippen LogP contribution is 2.37. The molecule has 1 aliphatic rings. The number of thiazole rings is 1. The van der Waals surface area contributed by atoms with Crippen molar-refractivity contribution in [1.82, 2.24) is 9.55 Å². The molecule has 0 bridgehead atoms.